The third-order valence-corrected chi connectivity index (χ3v) is 5.30. The number of halogens is 2. The summed E-state index contributed by atoms with van der Waals surface area (Å²) in [6.07, 6.45) is 5.75. The minimum atomic E-state index is -0.390. The normalized spacial score (nSPS) is 15.2. The number of nitrogens with one attached hydrogen (secondary N) is 1. The SMILES string of the molecule is Cc1c(C(=O)NC(C)(CN)C2CC2)nnn1-c1cccc2cnccc12.Cl.Cl. The van der Waals surface area contributed by atoms with Crippen molar-refractivity contribution < 1.29 is 4.79 Å². The van der Waals surface area contributed by atoms with Gasteiger partial charge in [0.2, 0.25) is 0 Å². The van der Waals surface area contributed by atoms with Crippen molar-refractivity contribution >= 4 is 41.5 Å². The zero-order valence-corrected chi connectivity index (χ0v) is 17.4. The van der Waals surface area contributed by atoms with E-state index in [-0.39, 0.29) is 30.7 Å². The number of hydrogen-bond donors (Lipinski definition) is 2. The van der Waals surface area contributed by atoms with Crippen LogP contribution in [0.5, 0.6) is 0 Å². The molecule has 150 valence electrons. The third-order valence-electron chi connectivity index (χ3n) is 5.30. The highest BCUT2D eigenvalue weighted by Crippen LogP contribution is 2.39. The van der Waals surface area contributed by atoms with E-state index in [0.717, 1.165) is 29.3 Å². The molecule has 2 heterocycles. The average Bonchev–Trinajstić information content (AvgIpc) is 3.44. The maximum Gasteiger partial charge on any atom is 0.274 e. The summed E-state index contributed by atoms with van der Waals surface area (Å²) in [5.74, 6) is 0.216. The minimum absolute atomic E-state index is 0. The molecule has 0 saturated heterocycles. The first-order chi connectivity index (χ1) is 12.5. The molecular weight excluding hydrogens is 399 g/mol. The van der Waals surface area contributed by atoms with Gasteiger partial charge >= 0.3 is 0 Å². The van der Waals surface area contributed by atoms with E-state index in [2.05, 4.69) is 20.6 Å². The first kappa shape index (κ1) is 22.1. The highest BCUT2D eigenvalue weighted by molar-refractivity contribution is 5.94. The average molecular weight is 423 g/mol. The van der Waals surface area contributed by atoms with E-state index in [1.54, 1.807) is 17.1 Å². The molecule has 1 amide bonds. The fraction of sp³-hybridized carbons (Fsp3) is 0.368. The molecule has 1 saturated carbocycles. The lowest BCUT2D eigenvalue weighted by molar-refractivity contribution is 0.0892. The van der Waals surface area contributed by atoms with E-state index in [4.69, 9.17) is 5.73 Å². The molecule has 0 spiro atoms. The van der Waals surface area contributed by atoms with Gasteiger partial charge in [-0.25, -0.2) is 4.68 Å². The van der Waals surface area contributed by atoms with Crippen LogP contribution in [0.4, 0.5) is 0 Å². The zero-order chi connectivity index (χ0) is 18.3. The lowest BCUT2D eigenvalue weighted by atomic mass is 9.95. The molecule has 2 aromatic heterocycles. The number of nitrogens with two attached hydrogens (primary N) is 1. The molecule has 28 heavy (non-hydrogen) atoms. The fourth-order valence-corrected chi connectivity index (χ4v) is 3.42. The van der Waals surface area contributed by atoms with Gasteiger partial charge in [0.1, 0.15) is 0 Å². The van der Waals surface area contributed by atoms with Gasteiger partial charge in [-0.1, -0.05) is 17.3 Å². The molecule has 0 bridgehead atoms. The van der Waals surface area contributed by atoms with Gasteiger partial charge in [0.05, 0.1) is 16.9 Å². The van der Waals surface area contributed by atoms with E-state index >= 15 is 0 Å². The summed E-state index contributed by atoms with van der Waals surface area (Å²) in [5.41, 5.74) is 7.42. The van der Waals surface area contributed by atoms with Crippen LogP contribution in [0.2, 0.25) is 0 Å². The Morgan fingerprint density at radius 3 is 2.75 bits per heavy atom. The molecule has 1 atom stereocenters. The summed E-state index contributed by atoms with van der Waals surface area (Å²) in [4.78, 5) is 16.9. The number of pyridine rings is 1. The molecule has 3 N–H and O–H groups in total. The lowest BCUT2D eigenvalue weighted by Gasteiger charge is -2.29. The maximum absolute atomic E-state index is 12.8. The molecule has 3 aromatic rings. The summed E-state index contributed by atoms with van der Waals surface area (Å²) in [6.45, 7) is 4.26. The second-order valence-electron chi connectivity index (χ2n) is 7.16. The van der Waals surface area contributed by atoms with Crippen LogP contribution in [-0.4, -0.2) is 38.0 Å². The van der Waals surface area contributed by atoms with E-state index in [1.165, 1.54) is 0 Å². The van der Waals surface area contributed by atoms with Gasteiger partial charge in [0.15, 0.2) is 5.69 Å². The Bertz CT molecular complexity index is 982. The number of fused-ring (bicyclic) bond motifs is 1. The molecule has 4 rings (SSSR count). The fourth-order valence-electron chi connectivity index (χ4n) is 3.42. The van der Waals surface area contributed by atoms with Crippen LogP contribution in [0.3, 0.4) is 0 Å². The molecule has 1 fully saturated rings. The van der Waals surface area contributed by atoms with E-state index in [9.17, 15) is 4.79 Å². The van der Waals surface area contributed by atoms with Gasteiger partial charge in [0.25, 0.3) is 5.91 Å². The number of nitrogens with zero attached hydrogens (tertiary/aromatic N) is 4. The van der Waals surface area contributed by atoms with Gasteiger partial charge < -0.3 is 11.1 Å². The number of rotatable bonds is 5. The maximum atomic E-state index is 12.8. The van der Waals surface area contributed by atoms with Gasteiger partial charge in [-0.15, -0.1) is 29.9 Å². The number of aromatic nitrogens is 4. The number of amides is 1. The Morgan fingerprint density at radius 1 is 1.32 bits per heavy atom. The molecule has 1 aliphatic rings. The Kier molecular flexibility index (Phi) is 6.64. The van der Waals surface area contributed by atoms with Crippen LogP contribution in [0, 0.1) is 12.8 Å². The molecule has 0 aliphatic heterocycles. The molecule has 1 unspecified atom stereocenters. The summed E-state index contributed by atoms with van der Waals surface area (Å²) < 4.78 is 1.70. The number of carbonyl (C=O) groups excluding carboxylic acids is 1. The zero-order valence-electron chi connectivity index (χ0n) is 15.8. The van der Waals surface area contributed by atoms with Crippen molar-refractivity contribution in [3.8, 4) is 5.69 Å². The summed E-state index contributed by atoms with van der Waals surface area (Å²) >= 11 is 0. The van der Waals surface area contributed by atoms with Crippen molar-refractivity contribution in [3.05, 3.63) is 48.0 Å². The second kappa shape index (κ2) is 8.43. The molecule has 1 aromatic carbocycles. The van der Waals surface area contributed by atoms with Gasteiger partial charge in [0, 0.05) is 29.7 Å². The highest BCUT2D eigenvalue weighted by Gasteiger charge is 2.42. The van der Waals surface area contributed by atoms with Crippen molar-refractivity contribution in [2.24, 2.45) is 11.7 Å². The monoisotopic (exact) mass is 422 g/mol. The van der Waals surface area contributed by atoms with Crippen molar-refractivity contribution in [3.63, 3.8) is 0 Å². The van der Waals surface area contributed by atoms with Crippen molar-refractivity contribution in [2.75, 3.05) is 6.54 Å². The van der Waals surface area contributed by atoms with Crippen LogP contribution >= 0.6 is 24.8 Å². The van der Waals surface area contributed by atoms with Crippen LogP contribution in [0.25, 0.3) is 16.5 Å². The van der Waals surface area contributed by atoms with Gasteiger partial charge in [-0.05, 0) is 44.7 Å². The van der Waals surface area contributed by atoms with Crippen LogP contribution in [0.15, 0.2) is 36.7 Å². The van der Waals surface area contributed by atoms with Crippen LogP contribution < -0.4 is 11.1 Å². The van der Waals surface area contributed by atoms with Crippen LogP contribution in [0.1, 0.15) is 35.9 Å². The first-order valence-electron chi connectivity index (χ1n) is 8.81. The van der Waals surface area contributed by atoms with Crippen molar-refractivity contribution in [1.29, 1.82) is 0 Å². The summed E-state index contributed by atoms with van der Waals surface area (Å²) in [5, 5.41) is 13.5. The van der Waals surface area contributed by atoms with Crippen LogP contribution in [-0.2, 0) is 0 Å². The molecule has 1 aliphatic carbocycles. The predicted octanol–water partition coefficient (Wildman–Crippen LogP) is 2.82. The first-order valence-corrected chi connectivity index (χ1v) is 8.81. The van der Waals surface area contributed by atoms with E-state index < -0.39 is 5.54 Å². The molecule has 0 radical (unpaired) electrons. The summed E-state index contributed by atoms with van der Waals surface area (Å²) in [7, 11) is 0. The Labute approximate surface area is 175 Å². The minimum Gasteiger partial charge on any atom is -0.344 e. The Balaban J connectivity index is 0.00000140. The smallest absolute Gasteiger partial charge is 0.274 e. The number of carbonyl (C=O) groups is 1. The standard InChI is InChI=1S/C19H22N6O.2ClH/c1-12-17(18(26)22-19(2,11-20)14-6-7-14)23-24-25(12)16-5-3-4-13-10-21-9-8-15(13)16;;/h3-5,8-10,14H,6-7,11,20H2,1-2H3,(H,22,26);2*1H. The number of hydrogen-bond acceptors (Lipinski definition) is 5. The number of benzene rings is 1. The van der Waals surface area contributed by atoms with Gasteiger partial charge in [-0.3, -0.25) is 9.78 Å². The highest BCUT2D eigenvalue weighted by atomic mass is 35.5. The molecular formula is C19H24Cl2N6O. The quantitative estimate of drug-likeness (QED) is 0.658. The topological polar surface area (TPSA) is 98.7 Å². The predicted molar refractivity (Wildman–Crippen MR) is 114 cm³/mol. The van der Waals surface area contributed by atoms with Crippen molar-refractivity contribution in [1.82, 2.24) is 25.3 Å². The Hall–Kier alpha value is -2.22. The van der Waals surface area contributed by atoms with E-state index in [1.807, 2.05) is 38.1 Å². The Morgan fingerprint density at radius 2 is 2.07 bits per heavy atom. The lowest BCUT2D eigenvalue weighted by Crippen LogP contribution is -2.53. The summed E-state index contributed by atoms with van der Waals surface area (Å²) in [6, 6.07) is 7.83. The van der Waals surface area contributed by atoms with Gasteiger partial charge in [-0.2, -0.15) is 0 Å². The third kappa shape index (κ3) is 3.83. The van der Waals surface area contributed by atoms with Crippen molar-refractivity contribution in [2.45, 2.75) is 32.2 Å². The molecule has 7 nitrogen and oxygen atoms in total. The second-order valence-corrected chi connectivity index (χ2v) is 7.16. The van der Waals surface area contributed by atoms with E-state index in [0.29, 0.717) is 23.9 Å². The largest absolute Gasteiger partial charge is 0.344 e. The molecule has 9 heteroatoms.